The van der Waals surface area contributed by atoms with Crippen molar-refractivity contribution in [3.8, 4) is 23.0 Å². The van der Waals surface area contributed by atoms with Crippen LogP contribution in [0.2, 0.25) is 0 Å². The number of nitrogens with one attached hydrogen (secondary N) is 1. The minimum atomic E-state index is 0.541. The van der Waals surface area contributed by atoms with Gasteiger partial charge in [0.05, 0.1) is 11.0 Å². The first-order valence-electron chi connectivity index (χ1n) is 9.70. The lowest BCUT2D eigenvalue weighted by Crippen LogP contribution is -1.91. The van der Waals surface area contributed by atoms with Crippen LogP contribution in [0, 0.1) is 0 Å². The van der Waals surface area contributed by atoms with E-state index in [0.29, 0.717) is 11.6 Å². The van der Waals surface area contributed by atoms with Crippen LogP contribution in [0.4, 0.5) is 0 Å². The molecule has 30 heavy (non-hydrogen) atoms. The molecular formula is C25H16N4O. The summed E-state index contributed by atoms with van der Waals surface area (Å²) < 4.78 is 6.11. The normalized spacial score (nSPS) is 11.3. The lowest BCUT2D eigenvalue weighted by Gasteiger charge is -2.10. The summed E-state index contributed by atoms with van der Waals surface area (Å²) in [6.45, 7) is 0. The molecule has 0 unspecified atom stereocenters. The van der Waals surface area contributed by atoms with E-state index in [1.54, 1.807) is 12.4 Å². The van der Waals surface area contributed by atoms with Gasteiger partial charge < -0.3 is 9.72 Å². The van der Waals surface area contributed by atoms with E-state index >= 15 is 0 Å². The zero-order valence-corrected chi connectivity index (χ0v) is 15.9. The van der Waals surface area contributed by atoms with Gasteiger partial charge in [-0.1, -0.05) is 42.5 Å². The molecular weight excluding hydrogens is 372 g/mol. The van der Waals surface area contributed by atoms with Crippen LogP contribution in [-0.2, 0) is 0 Å². The van der Waals surface area contributed by atoms with Gasteiger partial charge in [0.15, 0.2) is 0 Å². The molecule has 1 N–H and O–H groups in total. The molecule has 0 atom stereocenters. The summed E-state index contributed by atoms with van der Waals surface area (Å²) in [7, 11) is 0. The summed E-state index contributed by atoms with van der Waals surface area (Å²) >= 11 is 0. The fourth-order valence-electron chi connectivity index (χ4n) is 3.82. The second-order valence-electron chi connectivity index (χ2n) is 7.09. The van der Waals surface area contributed by atoms with Gasteiger partial charge in [-0.05, 0) is 29.7 Å². The number of pyridine rings is 2. The smallest absolute Gasteiger partial charge is 0.219 e. The van der Waals surface area contributed by atoms with Gasteiger partial charge in [0, 0.05) is 46.4 Å². The Labute approximate surface area is 172 Å². The monoisotopic (exact) mass is 388 g/mol. The molecule has 6 aromatic rings. The second-order valence-corrected chi connectivity index (χ2v) is 7.09. The fourth-order valence-corrected chi connectivity index (χ4v) is 3.82. The molecule has 3 aromatic carbocycles. The molecule has 0 spiro atoms. The Kier molecular flexibility index (Phi) is 3.71. The maximum absolute atomic E-state index is 6.11. The third-order valence-corrected chi connectivity index (χ3v) is 5.22. The summed E-state index contributed by atoms with van der Waals surface area (Å²) in [5.74, 6) is 2.05. The van der Waals surface area contributed by atoms with Crippen molar-refractivity contribution in [2.75, 3.05) is 0 Å². The molecule has 6 rings (SSSR count). The van der Waals surface area contributed by atoms with Crippen molar-refractivity contribution in [1.82, 2.24) is 19.9 Å². The second kappa shape index (κ2) is 6.67. The number of hydrogen-bond acceptors (Lipinski definition) is 4. The fraction of sp³-hybridized carbons (Fsp3) is 0. The Morgan fingerprint density at radius 1 is 0.700 bits per heavy atom. The lowest BCUT2D eigenvalue weighted by atomic mass is 10.0. The van der Waals surface area contributed by atoms with Gasteiger partial charge in [-0.2, -0.15) is 0 Å². The van der Waals surface area contributed by atoms with E-state index in [-0.39, 0.29) is 0 Å². The number of benzene rings is 3. The van der Waals surface area contributed by atoms with Crippen molar-refractivity contribution in [2.45, 2.75) is 0 Å². The summed E-state index contributed by atoms with van der Waals surface area (Å²) in [6.07, 6.45) is 5.36. The Balaban J connectivity index is 1.49. The molecule has 5 nitrogen and oxygen atoms in total. The van der Waals surface area contributed by atoms with E-state index < -0.39 is 0 Å². The molecule has 0 bridgehead atoms. The van der Waals surface area contributed by atoms with Gasteiger partial charge in [-0.15, -0.1) is 0 Å². The number of hydrogen-bond donors (Lipinski definition) is 1. The number of nitrogens with zero attached hydrogens (tertiary/aromatic N) is 3. The molecule has 3 heterocycles. The maximum Gasteiger partial charge on any atom is 0.219 e. The number of H-pyrrole nitrogens is 1. The SMILES string of the molecule is c1cc(Oc2ccc3ccc4ccc5cccnc5c4c3n2)cc(-c2ncc[nH]2)c1. The molecule has 0 saturated carbocycles. The van der Waals surface area contributed by atoms with Gasteiger partial charge in [0.2, 0.25) is 5.88 Å². The van der Waals surface area contributed by atoms with Crippen molar-refractivity contribution in [2.24, 2.45) is 0 Å². The molecule has 0 fully saturated rings. The van der Waals surface area contributed by atoms with Crippen molar-refractivity contribution in [1.29, 1.82) is 0 Å². The zero-order valence-electron chi connectivity index (χ0n) is 15.9. The first-order chi connectivity index (χ1) is 14.8. The highest BCUT2D eigenvalue weighted by Gasteiger charge is 2.10. The van der Waals surface area contributed by atoms with Gasteiger partial charge in [0.1, 0.15) is 11.6 Å². The van der Waals surface area contributed by atoms with E-state index in [0.717, 1.165) is 44.0 Å². The van der Waals surface area contributed by atoms with E-state index in [9.17, 15) is 0 Å². The number of aromatic amines is 1. The Hall–Kier alpha value is -4.25. The molecule has 0 aliphatic heterocycles. The summed E-state index contributed by atoms with van der Waals surface area (Å²) in [4.78, 5) is 16.9. The minimum Gasteiger partial charge on any atom is -0.439 e. The molecule has 0 saturated heterocycles. The first kappa shape index (κ1) is 16.7. The third-order valence-electron chi connectivity index (χ3n) is 5.22. The van der Waals surface area contributed by atoms with Gasteiger partial charge >= 0.3 is 0 Å². The van der Waals surface area contributed by atoms with Crippen molar-refractivity contribution in [3.63, 3.8) is 0 Å². The van der Waals surface area contributed by atoms with E-state index in [4.69, 9.17) is 9.72 Å². The molecule has 0 amide bonds. The predicted molar refractivity (Wildman–Crippen MR) is 119 cm³/mol. The van der Waals surface area contributed by atoms with Gasteiger partial charge in [-0.25, -0.2) is 9.97 Å². The molecule has 0 aliphatic carbocycles. The highest BCUT2D eigenvalue weighted by atomic mass is 16.5. The van der Waals surface area contributed by atoms with Crippen LogP contribution in [0.15, 0.2) is 91.4 Å². The van der Waals surface area contributed by atoms with Crippen LogP contribution in [0.1, 0.15) is 0 Å². The van der Waals surface area contributed by atoms with Crippen LogP contribution < -0.4 is 4.74 Å². The van der Waals surface area contributed by atoms with Gasteiger partial charge in [-0.3, -0.25) is 4.98 Å². The summed E-state index contributed by atoms with van der Waals surface area (Å²) in [5.41, 5.74) is 2.79. The molecule has 0 radical (unpaired) electrons. The number of fused-ring (bicyclic) bond motifs is 5. The Bertz CT molecular complexity index is 1520. The lowest BCUT2D eigenvalue weighted by molar-refractivity contribution is 0.465. The predicted octanol–water partition coefficient (Wildman–Crippen LogP) is 6.12. The largest absolute Gasteiger partial charge is 0.439 e. The average Bonchev–Trinajstić information content (AvgIpc) is 3.34. The molecule has 5 heteroatoms. The van der Waals surface area contributed by atoms with Crippen molar-refractivity contribution in [3.05, 3.63) is 91.4 Å². The number of rotatable bonds is 3. The minimum absolute atomic E-state index is 0.541. The zero-order chi connectivity index (χ0) is 19.9. The summed E-state index contributed by atoms with van der Waals surface area (Å²) in [5, 5.41) is 4.30. The van der Waals surface area contributed by atoms with Crippen LogP contribution >= 0.6 is 0 Å². The average molecular weight is 388 g/mol. The molecule has 142 valence electrons. The van der Waals surface area contributed by atoms with Crippen LogP contribution in [-0.4, -0.2) is 19.9 Å². The first-order valence-corrected chi connectivity index (χ1v) is 9.70. The highest BCUT2D eigenvalue weighted by Crippen LogP contribution is 2.32. The Morgan fingerprint density at radius 3 is 2.40 bits per heavy atom. The number of ether oxygens (including phenoxy) is 1. The van der Waals surface area contributed by atoms with E-state index in [1.165, 1.54) is 0 Å². The van der Waals surface area contributed by atoms with Crippen LogP contribution in [0.3, 0.4) is 0 Å². The topological polar surface area (TPSA) is 63.7 Å². The quantitative estimate of drug-likeness (QED) is 0.371. The molecule has 0 aliphatic rings. The number of aromatic nitrogens is 4. The van der Waals surface area contributed by atoms with Crippen LogP contribution in [0.5, 0.6) is 11.6 Å². The van der Waals surface area contributed by atoms with E-state index in [2.05, 4.69) is 45.3 Å². The third kappa shape index (κ3) is 2.76. The number of imidazole rings is 1. The summed E-state index contributed by atoms with van der Waals surface area (Å²) in [6, 6.07) is 24.2. The molecule has 3 aromatic heterocycles. The van der Waals surface area contributed by atoms with E-state index in [1.807, 2.05) is 48.7 Å². The Morgan fingerprint density at radius 2 is 1.53 bits per heavy atom. The van der Waals surface area contributed by atoms with Crippen molar-refractivity contribution >= 4 is 32.6 Å². The van der Waals surface area contributed by atoms with Gasteiger partial charge in [0.25, 0.3) is 0 Å². The van der Waals surface area contributed by atoms with Crippen LogP contribution in [0.25, 0.3) is 44.0 Å². The van der Waals surface area contributed by atoms with Crippen molar-refractivity contribution < 1.29 is 4.74 Å². The standard InChI is InChI=1S/C25H16N4O/c1-3-19(25-27-13-14-28-25)15-20(5-1)30-21-11-10-18-9-7-16-6-8-17-4-2-12-26-23(17)22(16)24(18)29-21/h1-15H,(H,27,28). The highest BCUT2D eigenvalue weighted by molar-refractivity contribution is 6.17. The maximum atomic E-state index is 6.11.